The maximum Gasteiger partial charge on any atom is 0.0782 e. The monoisotopic (exact) mass is 290 g/mol. The van der Waals surface area contributed by atoms with Crippen molar-refractivity contribution in [3.63, 3.8) is 0 Å². The lowest BCUT2D eigenvalue weighted by molar-refractivity contribution is 0.285. The first-order valence-electron chi connectivity index (χ1n) is 6.80. The quantitative estimate of drug-likeness (QED) is 0.888. The third-order valence-electron chi connectivity index (χ3n) is 3.44. The van der Waals surface area contributed by atoms with E-state index in [9.17, 15) is 0 Å². The third-order valence-corrected chi connectivity index (χ3v) is 4.42. The van der Waals surface area contributed by atoms with Crippen molar-refractivity contribution in [1.29, 1.82) is 0 Å². The number of likely N-dealkylation sites (N-methyl/N-ethyl adjacent to an activating group) is 1. The molecule has 0 spiro atoms. The van der Waals surface area contributed by atoms with E-state index in [1.54, 1.807) is 23.7 Å². The van der Waals surface area contributed by atoms with Crippen LogP contribution in [0.1, 0.15) is 35.3 Å². The van der Waals surface area contributed by atoms with E-state index in [0.29, 0.717) is 6.04 Å². The molecule has 0 fully saturated rings. The Kier molecular flexibility index (Phi) is 5.23. The molecular weight excluding hydrogens is 268 g/mol. The average Bonchev–Trinajstić information content (AvgIpc) is 2.92. The van der Waals surface area contributed by atoms with E-state index in [2.05, 4.69) is 58.7 Å². The van der Waals surface area contributed by atoms with Crippen molar-refractivity contribution >= 4 is 11.3 Å². The summed E-state index contributed by atoms with van der Waals surface area (Å²) in [4.78, 5) is 12.4. The second kappa shape index (κ2) is 6.92. The van der Waals surface area contributed by atoms with Gasteiger partial charge in [0.25, 0.3) is 0 Å². The predicted molar refractivity (Wildman–Crippen MR) is 83.9 cm³/mol. The molecule has 2 aromatic rings. The van der Waals surface area contributed by atoms with Gasteiger partial charge in [0.05, 0.1) is 17.4 Å². The van der Waals surface area contributed by atoms with Gasteiger partial charge >= 0.3 is 0 Å². The molecule has 4 nitrogen and oxygen atoms in total. The molecule has 5 heteroatoms. The van der Waals surface area contributed by atoms with Crippen LogP contribution in [0, 0.1) is 6.92 Å². The van der Waals surface area contributed by atoms with Gasteiger partial charge in [-0.3, -0.25) is 9.97 Å². The van der Waals surface area contributed by atoms with Crippen molar-refractivity contribution in [2.75, 3.05) is 20.6 Å². The molecular formula is C15H22N4S. The molecule has 2 rings (SSSR count). The second-order valence-corrected chi connectivity index (χ2v) is 6.13. The van der Waals surface area contributed by atoms with Gasteiger partial charge in [-0.05, 0) is 39.4 Å². The van der Waals surface area contributed by atoms with Gasteiger partial charge in [0.15, 0.2) is 0 Å². The first-order valence-corrected chi connectivity index (χ1v) is 7.68. The summed E-state index contributed by atoms with van der Waals surface area (Å²) in [6.07, 6.45) is 3.49. The topological polar surface area (TPSA) is 41.1 Å². The van der Waals surface area contributed by atoms with E-state index in [4.69, 9.17) is 0 Å². The lowest BCUT2D eigenvalue weighted by atomic mass is 10.1. The fraction of sp³-hybridized carbons (Fsp3) is 0.467. The van der Waals surface area contributed by atoms with Crippen molar-refractivity contribution in [2.24, 2.45) is 0 Å². The summed E-state index contributed by atoms with van der Waals surface area (Å²) in [7, 11) is 4.23. The molecule has 2 unspecified atom stereocenters. The summed E-state index contributed by atoms with van der Waals surface area (Å²) in [5.74, 6) is 0. The Balaban J connectivity index is 2.01. The average molecular weight is 290 g/mol. The van der Waals surface area contributed by atoms with Crippen LogP contribution >= 0.6 is 11.3 Å². The Morgan fingerprint density at radius 2 is 2.05 bits per heavy atom. The van der Waals surface area contributed by atoms with Crippen LogP contribution in [0.3, 0.4) is 0 Å². The largest absolute Gasteiger partial charge is 0.307 e. The summed E-state index contributed by atoms with van der Waals surface area (Å²) in [6, 6.07) is 4.88. The van der Waals surface area contributed by atoms with Crippen molar-refractivity contribution in [3.05, 3.63) is 46.2 Å². The maximum atomic E-state index is 4.43. The highest BCUT2D eigenvalue weighted by Crippen LogP contribution is 2.23. The Bertz CT molecular complexity index is 524. The number of nitrogens with zero attached hydrogens (tertiary/aromatic N) is 3. The predicted octanol–water partition coefficient (Wildman–Crippen LogP) is 2.80. The van der Waals surface area contributed by atoms with E-state index >= 15 is 0 Å². The molecule has 2 aromatic heterocycles. The van der Waals surface area contributed by atoms with E-state index in [1.165, 1.54) is 4.88 Å². The van der Waals surface area contributed by atoms with Gasteiger partial charge < -0.3 is 10.2 Å². The van der Waals surface area contributed by atoms with Crippen LogP contribution in [0.2, 0.25) is 0 Å². The van der Waals surface area contributed by atoms with Gasteiger partial charge in [-0.2, -0.15) is 0 Å². The van der Waals surface area contributed by atoms with E-state index in [-0.39, 0.29) is 6.04 Å². The van der Waals surface area contributed by atoms with Crippen LogP contribution in [0.4, 0.5) is 0 Å². The van der Waals surface area contributed by atoms with Crippen LogP contribution in [-0.4, -0.2) is 35.5 Å². The summed E-state index contributed by atoms with van der Waals surface area (Å²) in [6.45, 7) is 5.03. The van der Waals surface area contributed by atoms with Gasteiger partial charge in [-0.1, -0.05) is 6.07 Å². The zero-order valence-corrected chi connectivity index (χ0v) is 13.3. The third kappa shape index (κ3) is 3.62. The SMILES string of the molecule is Cc1nccnc1C(C)NCC(c1cccs1)N(C)C. The Morgan fingerprint density at radius 1 is 1.30 bits per heavy atom. The van der Waals surface area contributed by atoms with E-state index in [0.717, 1.165) is 17.9 Å². The highest BCUT2D eigenvalue weighted by molar-refractivity contribution is 7.10. The molecule has 0 saturated carbocycles. The minimum atomic E-state index is 0.200. The lowest BCUT2D eigenvalue weighted by Crippen LogP contribution is -2.32. The first kappa shape index (κ1) is 15.1. The molecule has 0 aliphatic heterocycles. The molecule has 2 heterocycles. The van der Waals surface area contributed by atoms with Crippen LogP contribution in [-0.2, 0) is 0 Å². The number of thiophene rings is 1. The first-order chi connectivity index (χ1) is 9.59. The van der Waals surface area contributed by atoms with Crippen LogP contribution in [0.15, 0.2) is 29.9 Å². The number of aryl methyl sites for hydroxylation is 1. The van der Waals surface area contributed by atoms with Gasteiger partial charge in [0, 0.05) is 29.9 Å². The van der Waals surface area contributed by atoms with Crippen LogP contribution in [0.25, 0.3) is 0 Å². The minimum absolute atomic E-state index is 0.200. The maximum absolute atomic E-state index is 4.43. The Hall–Kier alpha value is -1.30. The smallest absolute Gasteiger partial charge is 0.0782 e. The summed E-state index contributed by atoms with van der Waals surface area (Å²) < 4.78 is 0. The summed E-state index contributed by atoms with van der Waals surface area (Å²) in [5.41, 5.74) is 2.02. The Labute approximate surface area is 124 Å². The van der Waals surface area contributed by atoms with Gasteiger partial charge in [-0.15, -0.1) is 11.3 Å². The summed E-state index contributed by atoms with van der Waals surface area (Å²) in [5, 5.41) is 5.70. The van der Waals surface area contributed by atoms with E-state index < -0.39 is 0 Å². The van der Waals surface area contributed by atoms with Gasteiger partial charge in [0.2, 0.25) is 0 Å². The van der Waals surface area contributed by atoms with Gasteiger partial charge in [0.1, 0.15) is 0 Å². The zero-order chi connectivity index (χ0) is 14.5. The number of rotatable bonds is 6. The fourth-order valence-corrected chi connectivity index (χ4v) is 3.17. The summed E-state index contributed by atoms with van der Waals surface area (Å²) >= 11 is 1.80. The molecule has 0 saturated heterocycles. The number of nitrogens with one attached hydrogen (secondary N) is 1. The van der Waals surface area contributed by atoms with E-state index in [1.807, 2.05) is 6.92 Å². The number of hydrogen-bond donors (Lipinski definition) is 1. The molecule has 0 aromatic carbocycles. The molecule has 20 heavy (non-hydrogen) atoms. The molecule has 108 valence electrons. The zero-order valence-electron chi connectivity index (χ0n) is 12.5. The second-order valence-electron chi connectivity index (χ2n) is 5.15. The minimum Gasteiger partial charge on any atom is -0.307 e. The van der Waals surface area contributed by atoms with Gasteiger partial charge in [-0.25, -0.2) is 0 Å². The fourth-order valence-electron chi connectivity index (χ4n) is 2.25. The number of hydrogen-bond acceptors (Lipinski definition) is 5. The molecule has 0 aliphatic carbocycles. The molecule has 0 radical (unpaired) electrons. The van der Waals surface area contributed by atoms with Crippen molar-refractivity contribution < 1.29 is 0 Å². The molecule has 0 amide bonds. The van der Waals surface area contributed by atoms with Crippen molar-refractivity contribution in [1.82, 2.24) is 20.2 Å². The molecule has 0 bridgehead atoms. The molecule has 0 aliphatic rings. The highest BCUT2D eigenvalue weighted by atomic mass is 32.1. The Morgan fingerprint density at radius 3 is 2.65 bits per heavy atom. The molecule has 1 N–H and O–H groups in total. The molecule has 2 atom stereocenters. The standard InChI is InChI=1S/C15H22N4S/c1-11-15(17-8-7-16-11)12(2)18-10-13(19(3)4)14-6-5-9-20-14/h5-9,12-13,18H,10H2,1-4H3. The van der Waals surface area contributed by atoms with Crippen molar-refractivity contribution in [3.8, 4) is 0 Å². The highest BCUT2D eigenvalue weighted by Gasteiger charge is 2.17. The van der Waals surface area contributed by atoms with Crippen LogP contribution in [0.5, 0.6) is 0 Å². The van der Waals surface area contributed by atoms with Crippen molar-refractivity contribution in [2.45, 2.75) is 25.9 Å². The lowest BCUT2D eigenvalue weighted by Gasteiger charge is -2.25. The van der Waals surface area contributed by atoms with Crippen LogP contribution < -0.4 is 5.32 Å². The normalized spacial score (nSPS) is 14.4. The number of aromatic nitrogens is 2.